The molecule has 1 aromatic heterocycles. The molecular weight excluding hydrogens is 244 g/mol. The minimum absolute atomic E-state index is 0.0954. The zero-order valence-electron chi connectivity index (χ0n) is 10.4. The number of hydrogen-bond donors (Lipinski definition) is 3. The molecule has 0 fully saturated rings. The van der Waals surface area contributed by atoms with Gasteiger partial charge in [-0.25, -0.2) is 0 Å². The highest BCUT2D eigenvalue weighted by atomic mass is 16.4. The normalized spacial score (nSPS) is 10.4. The predicted molar refractivity (Wildman–Crippen MR) is 71.3 cm³/mol. The number of anilines is 1. The molecule has 19 heavy (non-hydrogen) atoms. The lowest BCUT2D eigenvalue weighted by Crippen LogP contribution is -2.13. The second-order valence-electron chi connectivity index (χ2n) is 4.22. The van der Waals surface area contributed by atoms with Crippen LogP contribution in [0.1, 0.15) is 17.1 Å². The third-order valence-electron chi connectivity index (χ3n) is 2.67. The maximum absolute atomic E-state index is 10.8. The molecule has 2 rings (SSSR count). The van der Waals surface area contributed by atoms with Crippen LogP contribution < -0.4 is 11.1 Å². The summed E-state index contributed by atoms with van der Waals surface area (Å²) in [7, 11) is 0. The van der Waals surface area contributed by atoms with E-state index >= 15 is 0 Å². The molecule has 1 heterocycles. The van der Waals surface area contributed by atoms with E-state index in [1.807, 2.05) is 30.3 Å². The number of benzene rings is 1. The predicted octanol–water partition coefficient (Wildman–Crippen LogP) is 1.41. The van der Waals surface area contributed by atoms with Gasteiger partial charge in [0, 0.05) is 5.69 Å². The van der Waals surface area contributed by atoms with Gasteiger partial charge in [0.05, 0.1) is 13.0 Å². The zero-order valence-corrected chi connectivity index (χ0v) is 10.4. The zero-order chi connectivity index (χ0) is 13.7. The first-order valence-corrected chi connectivity index (χ1v) is 5.97. The van der Waals surface area contributed by atoms with Crippen molar-refractivity contribution in [2.24, 2.45) is 5.73 Å². The molecule has 1 aromatic carbocycles. The molecule has 0 aliphatic heterocycles. The van der Waals surface area contributed by atoms with Crippen LogP contribution in [0, 0.1) is 0 Å². The first-order valence-electron chi connectivity index (χ1n) is 5.97. The van der Waals surface area contributed by atoms with Crippen molar-refractivity contribution in [1.82, 2.24) is 0 Å². The number of nitrogens with two attached hydrogens (primary N) is 1. The summed E-state index contributed by atoms with van der Waals surface area (Å²) < 4.78 is 5.36. The van der Waals surface area contributed by atoms with Gasteiger partial charge in [0.15, 0.2) is 0 Å². The van der Waals surface area contributed by atoms with E-state index in [1.54, 1.807) is 6.07 Å². The molecule has 100 valence electrons. The summed E-state index contributed by atoms with van der Waals surface area (Å²) in [4.78, 5) is 10.8. The monoisotopic (exact) mass is 260 g/mol. The Balaban J connectivity index is 1.90. The number of amides is 1. The summed E-state index contributed by atoms with van der Waals surface area (Å²) in [6.45, 7) is 0.441. The second kappa shape index (κ2) is 6.06. The fourth-order valence-corrected chi connectivity index (χ4v) is 1.73. The van der Waals surface area contributed by atoms with Crippen molar-refractivity contribution in [2.45, 2.75) is 19.6 Å². The molecule has 0 saturated heterocycles. The van der Waals surface area contributed by atoms with E-state index in [0.29, 0.717) is 12.3 Å². The first kappa shape index (κ1) is 13.2. The van der Waals surface area contributed by atoms with Gasteiger partial charge in [0.25, 0.3) is 0 Å². The average Bonchev–Trinajstić information content (AvgIpc) is 2.85. The Labute approximate surface area is 111 Å². The van der Waals surface area contributed by atoms with E-state index in [-0.39, 0.29) is 18.9 Å². The van der Waals surface area contributed by atoms with Crippen LogP contribution in [-0.2, 0) is 24.4 Å². The molecule has 0 spiro atoms. The van der Waals surface area contributed by atoms with Crippen molar-refractivity contribution in [3.63, 3.8) is 0 Å². The van der Waals surface area contributed by atoms with Crippen molar-refractivity contribution < 1.29 is 14.3 Å². The molecule has 5 nitrogen and oxygen atoms in total. The Bertz CT molecular complexity index is 546. The Kier molecular flexibility index (Phi) is 4.20. The Morgan fingerprint density at radius 1 is 1.16 bits per heavy atom. The Hall–Kier alpha value is -2.27. The number of aliphatic hydroxyl groups is 1. The number of carbonyl (C=O) groups is 1. The van der Waals surface area contributed by atoms with Crippen LogP contribution in [0.5, 0.6) is 0 Å². The lowest BCUT2D eigenvalue weighted by atomic mass is 10.1. The molecular formula is C14H16N2O3. The molecule has 0 atom stereocenters. The summed E-state index contributed by atoms with van der Waals surface area (Å²) in [6.07, 6.45) is 0.248. The summed E-state index contributed by atoms with van der Waals surface area (Å²) >= 11 is 0. The van der Waals surface area contributed by atoms with E-state index < -0.39 is 0 Å². The van der Waals surface area contributed by atoms with Crippen molar-refractivity contribution in [2.75, 3.05) is 5.32 Å². The Morgan fingerprint density at radius 3 is 2.42 bits per heavy atom. The highest BCUT2D eigenvalue weighted by Crippen LogP contribution is 2.13. The van der Waals surface area contributed by atoms with Gasteiger partial charge < -0.3 is 20.6 Å². The molecule has 0 unspecified atom stereocenters. The summed E-state index contributed by atoms with van der Waals surface area (Å²) in [5.74, 6) is 0.965. The number of aliphatic hydroxyl groups excluding tert-OH is 1. The van der Waals surface area contributed by atoms with Crippen LogP contribution in [0.3, 0.4) is 0 Å². The number of carbonyl (C=O) groups excluding carboxylic acids is 1. The smallest absolute Gasteiger partial charge is 0.221 e. The van der Waals surface area contributed by atoms with Crippen molar-refractivity contribution in [3.8, 4) is 0 Å². The van der Waals surface area contributed by atoms with Crippen molar-refractivity contribution >= 4 is 11.6 Å². The van der Waals surface area contributed by atoms with Crippen LogP contribution in [0.4, 0.5) is 5.69 Å². The van der Waals surface area contributed by atoms with E-state index in [4.69, 9.17) is 15.3 Å². The molecule has 0 aliphatic rings. The highest BCUT2D eigenvalue weighted by Gasteiger charge is 2.02. The third kappa shape index (κ3) is 3.86. The highest BCUT2D eigenvalue weighted by molar-refractivity contribution is 5.76. The minimum atomic E-state index is -0.340. The summed E-state index contributed by atoms with van der Waals surface area (Å²) in [5, 5.41) is 12.1. The van der Waals surface area contributed by atoms with Crippen LogP contribution in [-0.4, -0.2) is 11.0 Å². The van der Waals surface area contributed by atoms with Gasteiger partial charge in [-0.2, -0.15) is 0 Å². The number of rotatable bonds is 6. The van der Waals surface area contributed by atoms with Gasteiger partial charge >= 0.3 is 0 Å². The SMILES string of the molecule is NC(=O)Cc1ccc(NCc2ccc(CO)o2)cc1. The Morgan fingerprint density at radius 2 is 1.84 bits per heavy atom. The summed E-state index contributed by atoms with van der Waals surface area (Å²) in [5.41, 5.74) is 6.94. The maximum atomic E-state index is 10.8. The van der Waals surface area contributed by atoms with Crippen molar-refractivity contribution in [1.29, 1.82) is 0 Å². The average molecular weight is 260 g/mol. The fraction of sp³-hybridized carbons (Fsp3) is 0.214. The van der Waals surface area contributed by atoms with Gasteiger partial charge in [-0.1, -0.05) is 12.1 Å². The molecule has 2 aromatic rings. The van der Waals surface area contributed by atoms with Gasteiger partial charge in [-0.3, -0.25) is 4.79 Å². The van der Waals surface area contributed by atoms with Crippen LogP contribution >= 0.6 is 0 Å². The maximum Gasteiger partial charge on any atom is 0.221 e. The van der Waals surface area contributed by atoms with E-state index in [0.717, 1.165) is 17.0 Å². The molecule has 0 aliphatic carbocycles. The van der Waals surface area contributed by atoms with Crippen LogP contribution in [0.25, 0.3) is 0 Å². The molecule has 0 saturated carbocycles. The van der Waals surface area contributed by atoms with Crippen molar-refractivity contribution in [3.05, 3.63) is 53.5 Å². The standard InChI is InChI=1S/C14H16N2O3/c15-14(18)7-10-1-3-11(4-2-10)16-8-12-5-6-13(9-17)19-12/h1-6,16-17H,7-9H2,(H2,15,18). The number of primary amides is 1. The van der Waals surface area contributed by atoms with Crippen LogP contribution in [0.15, 0.2) is 40.8 Å². The quantitative estimate of drug-likeness (QED) is 0.732. The van der Waals surface area contributed by atoms with Gasteiger partial charge in [0.2, 0.25) is 5.91 Å². The van der Waals surface area contributed by atoms with Crippen LogP contribution in [0.2, 0.25) is 0 Å². The summed E-state index contributed by atoms with van der Waals surface area (Å²) in [6, 6.07) is 11.0. The lowest BCUT2D eigenvalue weighted by molar-refractivity contribution is -0.117. The lowest BCUT2D eigenvalue weighted by Gasteiger charge is -2.05. The number of furan rings is 1. The van der Waals surface area contributed by atoms with Gasteiger partial charge in [-0.05, 0) is 29.8 Å². The number of hydrogen-bond acceptors (Lipinski definition) is 4. The second-order valence-corrected chi connectivity index (χ2v) is 4.22. The van der Waals surface area contributed by atoms with Gasteiger partial charge in [-0.15, -0.1) is 0 Å². The molecule has 0 bridgehead atoms. The molecule has 0 radical (unpaired) electrons. The van der Waals surface area contributed by atoms with E-state index in [1.165, 1.54) is 0 Å². The van der Waals surface area contributed by atoms with E-state index in [9.17, 15) is 4.79 Å². The fourth-order valence-electron chi connectivity index (χ4n) is 1.73. The third-order valence-corrected chi connectivity index (χ3v) is 2.67. The molecule has 4 N–H and O–H groups in total. The van der Waals surface area contributed by atoms with Gasteiger partial charge in [0.1, 0.15) is 18.1 Å². The molecule has 1 amide bonds. The first-order chi connectivity index (χ1) is 9.17. The molecule has 5 heteroatoms. The number of nitrogens with one attached hydrogen (secondary N) is 1. The minimum Gasteiger partial charge on any atom is -0.462 e. The topological polar surface area (TPSA) is 88.5 Å². The largest absolute Gasteiger partial charge is 0.462 e. The van der Waals surface area contributed by atoms with E-state index in [2.05, 4.69) is 5.32 Å².